The van der Waals surface area contributed by atoms with Crippen LogP contribution in [0.1, 0.15) is 153 Å². The van der Waals surface area contributed by atoms with E-state index in [0.717, 1.165) is 67.2 Å². The number of carbonyl (C=O) groups is 23. The highest BCUT2D eigenvalue weighted by Crippen LogP contribution is 2.21. The number of nitrogens with one attached hydrogen (secondary N) is 21. The van der Waals surface area contributed by atoms with Gasteiger partial charge in [-0.25, -0.2) is 4.98 Å². The van der Waals surface area contributed by atoms with E-state index in [0.29, 0.717) is 5.69 Å². The number of guanidine groups is 1. The first-order chi connectivity index (χ1) is 62.9. The minimum atomic E-state index is -2.02. The monoisotopic (exact) mass is 1920 g/mol. The second kappa shape index (κ2) is 56.8. The maximum absolute atomic E-state index is 14.3. The van der Waals surface area contributed by atoms with E-state index in [4.69, 9.17) is 33.5 Å². The van der Waals surface area contributed by atoms with Gasteiger partial charge < -0.3 is 170 Å². The molecule has 1 saturated heterocycles. The average molecular weight is 1930 g/mol. The number of H-pyrrole nitrogens is 1. The molecule has 57 heteroatoms. The lowest BCUT2D eigenvalue weighted by Crippen LogP contribution is -2.63. The number of imidazole rings is 1. The van der Waals surface area contributed by atoms with E-state index in [1.165, 1.54) is 26.4 Å². The summed E-state index contributed by atoms with van der Waals surface area (Å²) in [7, 11) is 0. The van der Waals surface area contributed by atoms with E-state index < -0.39 is 320 Å². The molecule has 1 aromatic rings. The number of hydrogen-bond acceptors (Lipinski definition) is 31. The van der Waals surface area contributed by atoms with Gasteiger partial charge in [-0.05, 0) is 114 Å². The highest BCUT2D eigenvalue weighted by atomic mass is 16.4. The zero-order valence-electron chi connectivity index (χ0n) is 76.6. The molecule has 1 aromatic heterocycles. The zero-order valence-corrected chi connectivity index (χ0v) is 76.6. The lowest BCUT2D eigenvalue weighted by Gasteiger charge is -2.32. The summed E-state index contributed by atoms with van der Waals surface area (Å²) in [6.07, 6.45) is -5.29. The third-order valence-corrected chi connectivity index (χ3v) is 20.7. The predicted molar refractivity (Wildman–Crippen MR) is 465 cm³/mol. The quantitative estimate of drug-likeness (QED) is 0.0164. The predicted octanol–water partition coefficient (Wildman–Crippen LogP) is -15.7. The van der Waals surface area contributed by atoms with Gasteiger partial charge >= 0.3 is 11.9 Å². The minimum absolute atomic E-state index is 0.0216. The van der Waals surface area contributed by atoms with Crippen LogP contribution in [0, 0.1) is 11.3 Å². The fraction of sp³-hybridized carbons (Fsp3) is 0.654. The highest BCUT2D eigenvalue weighted by Gasteiger charge is 2.44. The number of carboxylic acid groups (broad SMARTS) is 2. The summed E-state index contributed by atoms with van der Waals surface area (Å²) in [6, 6.07) is -33.0. The van der Waals surface area contributed by atoms with Crippen molar-refractivity contribution in [2.24, 2.45) is 28.9 Å². The Balaban J connectivity index is 2.16. The maximum Gasteiger partial charge on any atom is 0.325 e. The second-order valence-electron chi connectivity index (χ2n) is 32.3. The number of aromatic nitrogens is 2. The number of likely N-dealkylation sites (tertiary alicyclic amines) is 1. The molecule has 1 aliphatic heterocycles. The lowest BCUT2D eigenvalue weighted by atomic mass is 9.96. The third kappa shape index (κ3) is 39.8. The van der Waals surface area contributed by atoms with E-state index in [9.17, 15) is 141 Å². The Morgan fingerprint density at radius 3 is 1.21 bits per heavy atom. The van der Waals surface area contributed by atoms with Crippen molar-refractivity contribution in [3.8, 4) is 0 Å². The number of aliphatic hydroxyl groups is 5. The van der Waals surface area contributed by atoms with Crippen LogP contribution >= 0.6 is 0 Å². The van der Waals surface area contributed by atoms with Gasteiger partial charge in [0.25, 0.3) is 0 Å². The summed E-state index contributed by atoms with van der Waals surface area (Å²) < 4.78 is 0. The molecule has 1 aliphatic rings. The SMILES string of the molecule is CC[C@H](C)[C@H](NC(=O)[C@H](CCCNC(=N)N)NC(=O)[C@H](C)NC(=O)[C@@H](N)Cc1c[nH]cn1)C(=O)N[C@@H](CCC(N)=O)C(=O)N[C@@H](C)C(=O)N[C@@H](C)C(=O)N[C@@H](C)C(=O)N[C@@H](CO)C(=O)N[C@H](C(=O)N1CCC[C@H]1C(=O)N[C@H](C(=O)N[C@@H](CC(N)=O)C(=O)N[C@@H](C)C(=O)N[C@H](C(=O)N[C@@H](C)C(=O)N[C@@H](C)C(=O)N[C@@H](CO)C(=O)N[C@@H](CC(=O)O)C(=O)N[C@@H](C)C(=O)O)[C@@H](C)O)[C@@H](C)O)[C@@H](C)O. The molecule has 756 valence electrons. The van der Waals surface area contributed by atoms with Gasteiger partial charge in [-0.2, -0.15) is 0 Å². The van der Waals surface area contributed by atoms with Gasteiger partial charge in [0.05, 0.1) is 62.4 Å². The number of rotatable bonds is 58. The number of carboxylic acids is 2. The van der Waals surface area contributed by atoms with E-state index in [2.05, 4.69) is 100 Å². The molecular weight excluding hydrogens is 1800 g/mol. The molecule has 24 atom stereocenters. The Labute approximate surface area is 773 Å². The van der Waals surface area contributed by atoms with Crippen molar-refractivity contribution in [1.82, 2.24) is 116 Å². The number of carbonyl (C=O) groups excluding carboxylic acids is 21. The maximum atomic E-state index is 14.3. The average Bonchev–Trinajstić information content (AvgIpc) is 1.69. The largest absolute Gasteiger partial charge is 0.481 e. The van der Waals surface area contributed by atoms with Gasteiger partial charge in [0, 0.05) is 32.1 Å². The van der Waals surface area contributed by atoms with Crippen molar-refractivity contribution in [2.75, 3.05) is 26.3 Å². The molecular formula is C78H129N27O30. The molecule has 0 radical (unpaired) electrons. The van der Waals surface area contributed by atoms with Crippen LogP contribution in [0.25, 0.3) is 0 Å². The summed E-state index contributed by atoms with van der Waals surface area (Å²) in [5.41, 5.74) is 22.7. The van der Waals surface area contributed by atoms with Crippen molar-refractivity contribution in [2.45, 2.75) is 293 Å². The molecule has 36 N–H and O–H groups in total. The van der Waals surface area contributed by atoms with Crippen LogP contribution in [0.3, 0.4) is 0 Å². The Morgan fingerprint density at radius 2 is 0.778 bits per heavy atom. The summed E-state index contributed by atoms with van der Waals surface area (Å²) in [5.74, 6) is -27.6. The number of nitrogens with two attached hydrogens (primary N) is 4. The molecule has 0 spiro atoms. The highest BCUT2D eigenvalue weighted by molar-refractivity contribution is 6.03. The second-order valence-corrected chi connectivity index (χ2v) is 32.3. The molecule has 1 fully saturated rings. The Bertz CT molecular complexity index is 4390. The number of aliphatic hydroxyl groups excluding tert-OH is 5. The number of aromatic amines is 1. The normalized spacial score (nSPS) is 17.3. The lowest BCUT2D eigenvalue weighted by molar-refractivity contribution is -0.145. The van der Waals surface area contributed by atoms with Crippen molar-refractivity contribution in [3.05, 3.63) is 18.2 Å². The van der Waals surface area contributed by atoms with Crippen molar-refractivity contribution in [1.29, 1.82) is 5.41 Å². The smallest absolute Gasteiger partial charge is 0.325 e. The molecule has 21 amide bonds. The van der Waals surface area contributed by atoms with Gasteiger partial charge in [0.15, 0.2) is 5.96 Å². The first-order valence-corrected chi connectivity index (χ1v) is 42.8. The van der Waals surface area contributed by atoms with Crippen LogP contribution < -0.4 is 124 Å². The van der Waals surface area contributed by atoms with Crippen LogP contribution in [0.15, 0.2) is 12.5 Å². The number of hydrogen-bond donors (Lipinski definition) is 32. The molecule has 0 aromatic carbocycles. The summed E-state index contributed by atoms with van der Waals surface area (Å²) in [5, 5.41) is 121. The molecule has 135 heavy (non-hydrogen) atoms. The van der Waals surface area contributed by atoms with Crippen LogP contribution in [-0.4, -0.2) is 358 Å². The van der Waals surface area contributed by atoms with E-state index >= 15 is 0 Å². The fourth-order valence-electron chi connectivity index (χ4n) is 12.5. The molecule has 57 nitrogen and oxygen atoms in total. The number of amides is 21. The van der Waals surface area contributed by atoms with Crippen molar-refractivity contribution >= 4 is 142 Å². The fourth-order valence-corrected chi connectivity index (χ4v) is 12.5. The van der Waals surface area contributed by atoms with E-state index in [1.807, 2.05) is 10.6 Å². The standard InChI is InChI=1S/C78H129N27O30/c1-14-30(2)54(101-67(124)44(17-15-21-85-78(82)83)95-61(118)36(8)90-65(122)43(79)23-42-26-84-29-86-42)73(130)96-45(19-20-51(80)111)66(123)91-32(4)59(116)87-31(3)58(115)88-35(7)63(120)100-49(28-107)71(128)104-57(41(13)110)76(133)105-22-16-18-50(105)72(129)103-56(40(12)109)75(132)98-46(24-52(81)112)68(125)92-37(9)64(121)102-55(39(11)108)74(131)93-33(5)60(117)89-34(6)62(119)99-48(27-106)70(127)97-47(25-53(113)114)69(126)94-38(10)77(134)135/h26,29-41,43-50,54-57,106-110H,14-25,27-28,79H2,1-13H3,(H2,80,111)(H2,81,112)(H,84,86)(H,87,116)(H,88,115)(H,89,117)(H,90,122)(H,91,123)(H,92,125)(H,93,131)(H,94,126)(H,95,118)(H,96,130)(H,97,127)(H,98,132)(H,99,119)(H,100,120)(H,101,124)(H,102,121)(H,103,129)(H,104,128)(H,113,114)(H,134,135)(H4,82,83,85)/t30-,31-,32-,33-,34-,35-,36-,37-,38-,39+,40+,41+,43-,44-,45-,46-,47-,48-,49-,50-,54-,55-,56-,57-/m0/s1. The Hall–Kier alpha value is -13.9. The molecule has 2 rings (SSSR count). The van der Waals surface area contributed by atoms with Crippen LogP contribution in [0.2, 0.25) is 0 Å². The number of primary amides is 2. The van der Waals surface area contributed by atoms with Gasteiger partial charge in [-0.1, -0.05) is 20.3 Å². The number of nitrogens with zero attached hydrogens (tertiary/aromatic N) is 2. The molecule has 2 heterocycles. The molecule has 0 unspecified atom stereocenters. The van der Waals surface area contributed by atoms with Crippen molar-refractivity contribution < 1.29 is 146 Å². The third-order valence-electron chi connectivity index (χ3n) is 20.7. The first kappa shape index (κ1) is 117. The van der Waals surface area contributed by atoms with Crippen LogP contribution in [0.5, 0.6) is 0 Å². The zero-order chi connectivity index (χ0) is 103. The summed E-state index contributed by atoms with van der Waals surface area (Å²) >= 11 is 0. The molecule has 0 bridgehead atoms. The van der Waals surface area contributed by atoms with Gasteiger partial charge in [-0.15, -0.1) is 0 Å². The number of aliphatic carboxylic acids is 2. The van der Waals surface area contributed by atoms with Gasteiger partial charge in [0.1, 0.15) is 115 Å². The molecule has 0 saturated carbocycles. The topological polar surface area (TPSA) is 923 Å². The van der Waals surface area contributed by atoms with E-state index in [1.54, 1.807) is 13.8 Å². The summed E-state index contributed by atoms with van der Waals surface area (Å²) in [4.78, 5) is 312. The Morgan fingerprint density at radius 1 is 0.430 bits per heavy atom. The van der Waals surface area contributed by atoms with Gasteiger partial charge in [-0.3, -0.25) is 116 Å². The Kier molecular flexibility index (Phi) is 49.3. The summed E-state index contributed by atoms with van der Waals surface area (Å²) in [6.45, 7) is 12.9. The minimum Gasteiger partial charge on any atom is -0.481 e. The van der Waals surface area contributed by atoms with Crippen LogP contribution in [0.4, 0.5) is 0 Å². The molecule has 0 aliphatic carbocycles. The van der Waals surface area contributed by atoms with Gasteiger partial charge in [0.2, 0.25) is 124 Å². The van der Waals surface area contributed by atoms with Crippen LogP contribution in [-0.2, 0) is 117 Å². The van der Waals surface area contributed by atoms with Crippen molar-refractivity contribution in [3.63, 3.8) is 0 Å². The first-order valence-electron chi connectivity index (χ1n) is 42.8. The van der Waals surface area contributed by atoms with E-state index in [-0.39, 0.29) is 57.6 Å².